The van der Waals surface area contributed by atoms with E-state index in [1.807, 2.05) is 16.7 Å². The van der Waals surface area contributed by atoms with Gasteiger partial charge in [0.25, 0.3) is 0 Å². The van der Waals surface area contributed by atoms with Gasteiger partial charge in [-0.1, -0.05) is 62.9 Å². The van der Waals surface area contributed by atoms with E-state index in [0.717, 1.165) is 48.2 Å². The SMILES string of the molecule is CC(C)CNC(=O)CCCCc1nnc(SCC2C=CC=CC2C)n1-c1cccc(O)c1. The molecule has 6 nitrogen and oxygen atoms in total. The summed E-state index contributed by atoms with van der Waals surface area (Å²) < 4.78 is 2.04. The Bertz CT molecular complexity index is 951. The monoisotopic (exact) mass is 454 g/mol. The van der Waals surface area contributed by atoms with Crippen LogP contribution in [0.2, 0.25) is 0 Å². The molecule has 1 amide bonds. The number of aryl methyl sites for hydroxylation is 1. The standard InChI is InChI=1S/C25H34N4O2S/c1-18(2)16-26-24(31)14-7-6-13-23-27-28-25(29(23)21-11-8-12-22(30)15-21)32-17-20-10-5-4-9-19(20)3/h4-5,8-12,15,18-20,30H,6-7,13-14,16-17H2,1-3H3,(H,26,31). The molecule has 0 aliphatic heterocycles. The topological polar surface area (TPSA) is 80.0 Å². The smallest absolute Gasteiger partial charge is 0.220 e. The number of phenolic OH excluding ortho intramolecular Hbond substituents is 1. The number of phenols is 1. The molecule has 1 aliphatic rings. The van der Waals surface area contributed by atoms with Crippen molar-refractivity contribution >= 4 is 17.7 Å². The highest BCUT2D eigenvalue weighted by Gasteiger charge is 2.19. The first-order valence-corrected chi connectivity index (χ1v) is 12.4. The van der Waals surface area contributed by atoms with Crippen molar-refractivity contribution in [3.05, 3.63) is 54.4 Å². The number of rotatable bonds is 11. The van der Waals surface area contributed by atoms with Crippen LogP contribution in [0.25, 0.3) is 5.69 Å². The van der Waals surface area contributed by atoms with Crippen LogP contribution in [0, 0.1) is 17.8 Å². The van der Waals surface area contributed by atoms with Gasteiger partial charge < -0.3 is 10.4 Å². The van der Waals surface area contributed by atoms with Gasteiger partial charge in [-0.15, -0.1) is 10.2 Å². The second-order valence-corrected chi connectivity index (χ2v) is 9.75. The Labute approximate surface area is 195 Å². The maximum Gasteiger partial charge on any atom is 0.220 e. The number of unbranched alkanes of at least 4 members (excludes halogenated alkanes) is 1. The Morgan fingerprint density at radius 1 is 1.22 bits per heavy atom. The Kier molecular flexibility index (Phi) is 8.97. The van der Waals surface area contributed by atoms with Gasteiger partial charge >= 0.3 is 0 Å². The van der Waals surface area contributed by atoms with Crippen LogP contribution in [0.3, 0.4) is 0 Å². The fourth-order valence-electron chi connectivity index (χ4n) is 3.56. The van der Waals surface area contributed by atoms with E-state index < -0.39 is 0 Å². The van der Waals surface area contributed by atoms with Gasteiger partial charge in [0, 0.05) is 31.2 Å². The first-order chi connectivity index (χ1) is 15.4. The molecule has 32 heavy (non-hydrogen) atoms. The van der Waals surface area contributed by atoms with Gasteiger partial charge in [0.2, 0.25) is 5.91 Å². The average molecular weight is 455 g/mol. The van der Waals surface area contributed by atoms with E-state index in [-0.39, 0.29) is 11.7 Å². The Balaban J connectivity index is 1.65. The molecular formula is C25H34N4O2S. The molecule has 0 saturated heterocycles. The predicted molar refractivity (Wildman–Crippen MR) is 130 cm³/mol. The molecule has 1 heterocycles. The maximum absolute atomic E-state index is 12.0. The second-order valence-electron chi connectivity index (χ2n) is 8.76. The van der Waals surface area contributed by atoms with Crippen molar-refractivity contribution in [3.8, 4) is 11.4 Å². The largest absolute Gasteiger partial charge is 0.508 e. The van der Waals surface area contributed by atoms with Gasteiger partial charge in [0.15, 0.2) is 5.16 Å². The zero-order valence-corrected chi connectivity index (χ0v) is 20.0. The lowest BCUT2D eigenvalue weighted by atomic mass is 9.92. The number of nitrogens with zero attached hydrogens (tertiary/aromatic N) is 3. The van der Waals surface area contributed by atoms with Gasteiger partial charge in [-0.25, -0.2) is 0 Å². The van der Waals surface area contributed by atoms with Gasteiger partial charge in [0.05, 0.1) is 5.69 Å². The molecule has 1 aromatic heterocycles. The first kappa shape index (κ1) is 24.1. The number of allylic oxidation sites excluding steroid dienone is 4. The van der Waals surface area contributed by atoms with E-state index in [1.165, 1.54) is 0 Å². The van der Waals surface area contributed by atoms with Crippen LogP contribution < -0.4 is 5.32 Å². The normalized spacial score (nSPS) is 17.8. The second kappa shape index (κ2) is 11.9. The molecule has 3 rings (SSSR count). The minimum Gasteiger partial charge on any atom is -0.508 e. The predicted octanol–water partition coefficient (Wildman–Crippen LogP) is 4.93. The third-order valence-corrected chi connectivity index (χ3v) is 6.59. The van der Waals surface area contributed by atoms with E-state index >= 15 is 0 Å². The minimum atomic E-state index is 0.105. The number of carbonyl (C=O) groups is 1. The van der Waals surface area contributed by atoms with Gasteiger partial charge in [-0.3, -0.25) is 9.36 Å². The highest BCUT2D eigenvalue weighted by molar-refractivity contribution is 7.99. The van der Waals surface area contributed by atoms with Crippen LogP contribution in [0.1, 0.15) is 45.9 Å². The number of aromatic nitrogens is 3. The van der Waals surface area contributed by atoms with Crippen LogP contribution >= 0.6 is 11.8 Å². The van der Waals surface area contributed by atoms with Gasteiger partial charge in [-0.05, 0) is 42.7 Å². The summed E-state index contributed by atoms with van der Waals surface area (Å²) in [6.45, 7) is 7.13. The van der Waals surface area contributed by atoms with E-state index in [2.05, 4.69) is 60.6 Å². The summed E-state index contributed by atoms with van der Waals surface area (Å²) in [6, 6.07) is 7.19. The highest BCUT2D eigenvalue weighted by atomic mass is 32.2. The molecule has 0 bridgehead atoms. The lowest BCUT2D eigenvalue weighted by molar-refractivity contribution is -0.121. The van der Waals surface area contributed by atoms with Crippen molar-refractivity contribution in [2.45, 2.75) is 51.6 Å². The molecule has 0 saturated carbocycles. The average Bonchev–Trinajstić information content (AvgIpc) is 3.17. The van der Waals surface area contributed by atoms with Crippen LogP contribution in [-0.2, 0) is 11.2 Å². The van der Waals surface area contributed by atoms with Crippen molar-refractivity contribution in [2.75, 3.05) is 12.3 Å². The molecule has 172 valence electrons. The lowest BCUT2D eigenvalue weighted by Crippen LogP contribution is -2.26. The molecule has 2 unspecified atom stereocenters. The molecule has 0 fully saturated rings. The fourth-order valence-corrected chi connectivity index (χ4v) is 4.76. The van der Waals surface area contributed by atoms with E-state index in [1.54, 1.807) is 23.9 Å². The zero-order chi connectivity index (χ0) is 22.9. The highest BCUT2D eigenvalue weighted by Crippen LogP contribution is 2.30. The van der Waals surface area contributed by atoms with E-state index in [4.69, 9.17) is 0 Å². The summed E-state index contributed by atoms with van der Waals surface area (Å²) in [6.07, 6.45) is 11.6. The van der Waals surface area contributed by atoms with Gasteiger partial charge in [0.1, 0.15) is 11.6 Å². The van der Waals surface area contributed by atoms with Crippen molar-refractivity contribution in [2.24, 2.45) is 17.8 Å². The number of nitrogens with one attached hydrogen (secondary N) is 1. The van der Waals surface area contributed by atoms with Crippen LogP contribution in [0.15, 0.2) is 53.7 Å². The summed E-state index contributed by atoms with van der Waals surface area (Å²) in [5.41, 5.74) is 0.856. The van der Waals surface area contributed by atoms with Crippen molar-refractivity contribution in [3.63, 3.8) is 0 Å². The minimum absolute atomic E-state index is 0.105. The quantitative estimate of drug-likeness (QED) is 0.372. The lowest BCUT2D eigenvalue weighted by Gasteiger charge is -2.19. The molecule has 7 heteroatoms. The summed E-state index contributed by atoms with van der Waals surface area (Å²) in [4.78, 5) is 12.0. The summed E-state index contributed by atoms with van der Waals surface area (Å²) >= 11 is 1.69. The zero-order valence-electron chi connectivity index (χ0n) is 19.2. The number of aromatic hydroxyl groups is 1. The third-order valence-electron chi connectivity index (χ3n) is 5.51. The Morgan fingerprint density at radius 2 is 2.03 bits per heavy atom. The fraction of sp³-hybridized carbons (Fsp3) is 0.480. The van der Waals surface area contributed by atoms with Gasteiger partial charge in [-0.2, -0.15) is 0 Å². The number of thioether (sulfide) groups is 1. The molecule has 0 spiro atoms. The Morgan fingerprint density at radius 3 is 2.78 bits per heavy atom. The molecule has 2 N–H and O–H groups in total. The number of benzene rings is 1. The summed E-state index contributed by atoms with van der Waals surface area (Å²) in [5.74, 6) is 3.49. The number of hydrogen-bond donors (Lipinski definition) is 2. The first-order valence-electron chi connectivity index (χ1n) is 11.4. The summed E-state index contributed by atoms with van der Waals surface area (Å²) in [7, 11) is 0. The Hall–Kier alpha value is -2.54. The molecule has 1 aromatic carbocycles. The molecule has 2 aromatic rings. The molecular weight excluding hydrogens is 420 g/mol. The molecule has 1 aliphatic carbocycles. The van der Waals surface area contributed by atoms with Crippen LogP contribution in [0.5, 0.6) is 5.75 Å². The molecule has 0 radical (unpaired) electrons. The molecule has 2 atom stereocenters. The number of carbonyl (C=O) groups excluding carboxylic acids is 1. The maximum atomic E-state index is 12.0. The van der Waals surface area contributed by atoms with E-state index in [9.17, 15) is 9.90 Å². The van der Waals surface area contributed by atoms with Crippen LogP contribution in [-0.4, -0.2) is 38.1 Å². The van der Waals surface area contributed by atoms with Crippen molar-refractivity contribution < 1.29 is 9.90 Å². The van der Waals surface area contributed by atoms with E-state index in [0.29, 0.717) is 24.2 Å². The van der Waals surface area contributed by atoms with Crippen molar-refractivity contribution in [1.82, 2.24) is 20.1 Å². The number of amides is 1. The summed E-state index contributed by atoms with van der Waals surface area (Å²) in [5, 5.41) is 22.7. The van der Waals surface area contributed by atoms with Crippen molar-refractivity contribution in [1.29, 1.82) is 0 Å². The third kappa shape index (κ3) is 6.99. The van der Waals surface area contributed by atoms with Crippen LogP contribution in [0.4, 0.5) is 0 Å². The number of hydrogen-bond acceptors (Lipinski definition) is 5.